The van der Waals surface area contributed by atoms with Crippen molar-refractivity contribution < 1.29 is 24.0 Å². The number of β-lactam (4-membered cyclic amide) rings is 1. The quantitative estimate of drug-likeness (QED) is 0.0136. The number of hydrogen-bond acceptors (Lipinski definition) is 15. The van der Waals surface area contributed by atoms with Gasteiger partial charge in [0.1, 0.15) is 35.5 Å². The van der Waals surface area contributed by atoms with Crippen molar-refractivity contribution in [3.05, 3.63) is 234 Å². The molecule has 2 amide bonds. The van der Waals surface area contributed by atoms with Gasteiger partial charge in [-0.15, -0.1) is 28.2 Å². The number of H-pyrrole nitrogens is 1. The highest BCUT2D eigenvalue weighted by atomic mass is 32.2. The number of nitrogens with one attached hydrogen (secondary N) is 3. The molecule has 364 valence electrons. The van der Waals surface area contributed by atoms with Crippen LogP contribution in [0.25, 0.3) is 0 Å². The predicted octanol–water partition coefficient (Wildman–Crippen LogP) is 7.80. The van der Waals surface area contributed by atoms with Gasteiger partial charge in [-0.1, -0.05) is 169 Å². The fraction of sp³-hybridized carbons (Fsp3) is 0.170. The molecule has 5 aromatic carbocycles. The number of aromatic amines is 1. The van der Waals surface area contributed by atoms with E-state index in [0.29, 0.717) is 16.5 Å². The number of nitrogens with zero attached hydrogens (tertiary/aromatic N) is 5. The maximum absolute atomic E-state index is 14.7. The molecule has 15 nitrogen and oxygen atoms in total. The fourth-order valence-corrected chi connectivity index (χ4v) is 11.6. The van der Waals surface area contributed by atoms with Crippen molar-refractivity contribution in [2.45, 2.75) is 34.8 Å². The molecule has 72 heavy (non-hydrogen) atoms. The van der Waals surface area contributed by atoms with Gasteiger partial charge in [0.25, 0.3) is 11.8 Å². The second-order valence-electron chi connectivity index (χ2n) is 16.2. The third kappa shape index (κ3) is 10.3. The number of thioether (sulfide) groups is 3. The Morgan fingerprint density at radius 3 is 1.99 bits per heavy atom. The van der Waals surface area contributed by atoms with Crippen LogP contribution in [0.1, 0.15) is 39.6 Å². The van der Waals surface area contributed by atoms with Crippen LogP contribution in [-0.2, 0) is 36.0 Å². The zero-order valence-corrected chi connectivity index (χ0v) is 42.0. The summed E-state index contributed by atoms with van der Waals surface area (Å²) in [6, 6.07) is 47.6. The molecule has 0 spiro atoms. The zero-order chi connectivity index (χ0) is 50.0. The first-order chi connectivity index (χ1) is 35.2. The van der Waals surface area contributed by atoms with E-state index in [0.717, 1.165) is 39.6 Å². The molecule has 7 aromatic rings. The summed E-state index contributed by atoms with van der Waals surface area (Å²) in [5.41, 5.74) is 2.37. The lowest BCUT2D eigenvalue weighted by molar-refractivity contribution is -0.154. The number of fused-ring (bicyclic) bond motifs is 1. The van der Waals surface area contributed by atoms with Crippen molar-refractivity contribution >= 4 is 75.2 Å². The molecule has 0 saturated carbocycles. The Hall–Kier alpha value is -7.45. The molecule has 2 unspecified atom stereocenters. The molecule has 0 bridgehead atoms. The first-order valence-electron chi connectivity index (χ1n) is 22.5. The van der Waals surface area contributed by atoms with Crippen molar-refractivity contribution in [1.29, 1.82) is 0 Å². The minimum Gasteiger partial charge on any atom is -0.448 e. The van der Waals surface area contributed by atoms with E-state index in [-0.39, 0.29) is 34.6 Å². The number of anilines is 1. The monoisotopic (exact) mass is 1030 g/mol. The predicted molar refractivity (Wildman–Crippen MR) is 284 cm³/mol. The third-order valence-corrected chi connectivity index (χ3v) is 15.3. The summed E-state index contributed by atoms with van der Waals surface area (Å²) in [4.78, 5) is 79.9. The van der Waals surface area contributed by atoms with E-state index in [1.165, 1.54) is 51.4 Å². The summed E-state index contributed by atoms with van der Waals surface area (Å²) in [5.74, 6) is -1.22. The van der Waals surface area contributed by atoms with Gasteiger partial charge in [0.05, 0.1) is 0 Å². The Morgan fingerprint density at radius 1 is 0.861 bits per heavy atom. The number of carbonyl (C=O) groups excluding carboxylic acids is 3. The molecule has 1 saturated heterocycles. The highest BCUT2D eigenvalue weighted by Crippen LogP contribution is 2.43. The van der Waals surface area contributed by atoms with Crippen LogP contribution in [0.3, 0.4) is 0 Å². The molecule has 2 aliphatic rings. The fourth-order valence-electron chi connectivity index (χ4n) is 8.46. The van der Waals surface area contributed by atoms with Crippen molar-refractivity contribution in [3.8, 4) is 0 Å². The molecule has 0 aliphatic carbocycles. The van der Waals surface area contributed by atoms with Crippen molar-refractivity contribution in [2.75, 3.05) is 30.2 Å². The second kappa shape index (κ2) is 22.7. The zero-order valence-electron chi connectivity index (χ0n) is 38.7. The Morgan fingerprint density at radius 2 is 1.43 bits per heavy atom. The van der Waals surface area contributed by atoms with Crippen LogP contribution in [-0.4, -0.2) is 84.4 Å². The highest BCUT2D eigenvalue weighted by molar-refractivity contribution is 8.02. The molecule has 2 aliphatic heterocycles. The number of esters is 1. The van der Waals surface area contributed by atoms with E-state index in [9.17, 15) is 24.0 Å². The Balaban J connectivity index is 1.00. The van der Waals surface area contributed by atoms with E-state index < -0.39 is 52.0 Å². The van der Waals surface area contributed by atoms with Gasteiger partial charge >= 0.3 is 17.1 Å². The summed E-state index contributed by atoms with van der Waals surface area (Å²) in [6.45, 7) is 0.259. The molecule has 19 heteroatoms. The van der Waals surface area contributed by atoms with Gasteiger partial charge in [0.2, 0.25) is 0 Å². The first-order valence-corrected chi connectivity index (χ1v) is 26.7. The lowest BCUT2D eigenvalue weighted by Gasteiger charge is -2.49. The minimum atomic E-state index is -1.07. The van der Waals surface area contributed by atoms with E-state index in [1.807, 2.05) is 122 Å². The van der Waals surface area contributed by atoms with Crippen LogP contribution in [0.15, 0.2) is 200 Å². The van der Waals surface area contributed by atoms with Crippen LogP contribution in [0, 0.1) is 0 Å². The average Bonchev–Trinajstić information content (AvgIpc) is 3.89. The number of benzene rings is 5. The standard InChI is InChI=1S/C53H46N8O7S4/c1-67-59-41(40-33-72-51(54-40)56-53(37-22-12-5-13-23-37,38-24-14-6-15-25-38)39-26-16-7-17-27-39)45(62)55-42-47(64)61-43(50(66)68-44(34-18-8-3-9-19-34)35-20-10-4-11-21-35)36(32-71-49(42)61)28-30-70-52-58-57-46(63)48(65)60(52)29-31-69-2/h3-28,30,33,42,44,49H,29,31-32H2,1-2H3,(H,54,56)(H,55,62)(H,57,63)/b30-28+,59-41+. The first kappa shape index (κ1) is 49.5. The summed E-state index contributed by atoms with van der Waals surface area (Å²) in [7, 11) is 1.32. The maximum Gasteiger partial charge on any atom is 0.356 e. The van der Waals surface area contributed by atoms with Crippen LogP contribution in [0.5, 0.6) is 0 Å². The van der Waals surface area contributed by atoms with Gasteiger partial charge in [0, 0.05) is 23.4 Å². The van der Waals surface area contributed by atoms with Crippen LogP contribution in [0.4, 0.5) is 5.13 Å². The van der Waals surface area contributed by atoms with E-state index in [4.69, 9.17) is 14.6 Å². The molecule has 3 N–H and O–H groups in total. The van der Waals surface area contributed by atoms with E-state index in [2.05, 4.69) is 62.4 Å². The Kier molecular flexibility index (Phi) is 15.6. The maximum atomic E-state index is 14.7. The Bertz CT molecular complexity index is 3130. The molecule has 1 fully saturated rings. The normalized spacial score (nSPS) is 15.8. The molecule has 2 aromatic heterocycles. The van der Waals surface area contributed by atoms with Crippen molar-refractivity contribution in [2.24, 2.45) is 5.16 Å². The number of aromatic nitrogens is 4. The lowest BCUT2D eigenvalue weighted by Crippen LogP contribution is -2.71. The van der Waals surface area contributed by atoms with E-state index in [1.54, 1.807) is 16.9 Å². The number of rotatable bonds is 19. The van der Waals surface area contributed by atoms with Gasteiger partial charge in [0.15, 0.2) is 22.1 Å². The average molecular weight is 1040 g/mol. The topological polar surface area (TPSA) is 190 Å². The number of hydrogen-bond donors (Lipinski definition) is 3. The van der Waals surface area contributed by atoms with Crippen LogP contribution < -0.4 is 21.8 Å². The second-order valence-corrected chi connectivity index (χ2v) is 20.0. The van der Waals surface area contributed by atoms with Gasteiger partial charge in [-0.3, -0.25) is 28.6 Å². The molecule has 2 atom stereocenters. The van der Waals surface area contributed by atoms with Gasteiger partial charge in [-0.2, -0.15) is 11.8 Å². The smallest absolute Gasteiger partial charge is 0.356 e. The van der Waals surface area contributed by atoms with Crippen molar-refractivity contribution in [3.63, 3.8) is 0 Å². The number of ether oxygens (including phenoxy) is 1. The number of thiazole rings is 1. The summed E-state index contributed by atoms with van der Waals surface area (Å²) in [5, 5.41) is 20.4. The summed E-state index contributed by atoms with van der Waals surface area (Å²) < 4.78 is 7.64. The minimum absolute atomic E-state index is 0.00288. The highest BCUT2D eigenvalue weighted by Gasteiger charge is 2.55. The van der Waals surface area contributed by atoms with E-state index >= 15 is 0 Å². The SMILES string of the molecule is CO/N=C(/C(=O)NC1C(=O)N2C(C(=O)OC(c3ccccc3)c3ccccc3)=C(/C=C/Sc3n[nH]c(=O)c(=O)n3CCSC)CSC12)c1csc(NC(c2ccccc2)(c2ccccc2)c2ccccc2)n1. The molecule has 4 heterocycles. The number of oxime groups is 1. The summed E-state index contributed by atoms with van der Waals surface area (Å²) in [6.07, 6.45) is 2.73. The molecular formula is C53H46N8O7S4. The molecule has 9 rings (SSSR count). The third-order valence-electron chi connectivity index (χ3n) is 11.9. The van der Waals surface area contributed by atoms with Gasteiger partial charge < -0.3 is 20.2 Å². The number of allylic oxidation sites excluding steroid dienone is 1. The number of carbonyl (C=O) groups is 3. The van der Waals surface area contributed by atoms with Crippen LogP contribution >= 0.6 is 46.6 Å². The molecule has 0 radical (unpaired) electrons. The molecular weight excluding hydrogens is 989 g/mol. The largest absolute Gasteiger partial charge is 0.448 e. The number of amides is 2. The van der Waals surface area contributed by atoms with Crippen molar-refractivity contribution in [1.82, 2.24) is 30.0 Å². The summed E-state index contributed by atoms with van der Waals surface area (Å²) >= 11 is 5.22. The lowest BCUT2D eigenvalue weighted by atomic mass is 9.77. The van der Waals surface area contributed by atoms with Crippen LogP contribution in [0.2, 0.25) is 0 Å². The van der Waals surface area contributed by atoms with Gasteiger partial charge in [-0.05, 0) is 51.1 Å². The Labute approximate surface area is 430 Å². The van der Waals surface area contributed by atoms with Gasteiger partial charge in [-0.25, -0.2) is 14.9 Å².